The summed E-state index contributed by atoms with van der Waals surface area (Å²) >= 11 is 0. The molecule has 1 nitrogen and oxygen atoms in total. The van der Waals surface area contributed by atoms with Crippen molar-refractivity contribution >= 4 is 0 Å². The number of alkyl halides is 13. The van der Waals surface area contributed by atoms with E-state index >= 15 is 0 Å². The average Bonchev–Trinajstić information content (AvgIpc) is 2.53. The number of aliphatic hydroxyl groups is 1. The molecular weight excluding hydrogens is 438 g/mol. The second-order valence-corrected chi connectivity index (χ2v) is 5.37. The minimum Gasteiger partial charge on any atom is -0.382 e. The third kappa shape index (κ3) is 3.26. The molecule has 1 N–H and O–H groups in total. The fourth-order valence-electron chi connectivity index (χ4n) is 1.81. The number of hydrogen-bond donors (Lipinski definition) is 1. The number of halogens is 14. The zero-order valence-electron chi connectivity index (χ0n) is 12.6. The van der Waals surface area contributed by atoms with E-state index in [4.69, 9.17) is 5.11 Å². The van der Waals surface area contributed by atoms with Crippen LogP contribution in [0.4, 0.5) is 61.5 Å². The van der Waals surface area contributed by atoms with Crippen LogP contribution in [-0.2, 0) is 0 Å². The van der Waals surface area contributed by atoms with Crippen LogP contribution < -0.4 is 0 Å². The van der Waals surface area contributed by atoms with Gasteiger partial charge in [-0.25, -0.2) is 4.39 Å². The molecule has 0 fully saturated rings. The fraction of sp³-hybridized carbons (Fsp3) is 0.538. The Kier molecular flexibility index (Phi) is 5.73. The lowest BCUT2D eigenvalue weighted by atomic mass is 9.89. The van der Waals surface area contributed by atoms with E-state index in [2.05, 4.69) is 0 Å². The van der Waals surface area contributed by atoms with Crippen LogP contribution in [0.3, 0.4) is 0 Å². The molecule has 1 rings (SSSR count). The van der Waals surface area contributed by atoms with Crippen LogP contribution in [0.25, 0.3) is 0 Å². The Morgan fingerprint density at radius 1 is 0.571 bits per heavy atom. The van der Waals surface area contributed by atoms with Crippen molar-refractivity contribution in [2.75, 3.05) is 0 Å². The van der Waals surface area contributed by atoms with Crippen molar-refractivity contribution in [1.29, 1.82) is 0 Å². The van der Waals surface area contributed by atoms with Gasteiger partial charge in [-0.15, -0.1) is 0 Å². The van der Waals surface area contributed by atoms with Crippen molar-refractivity contribution in [1.82, 2.24) is 0 Å². The zero-order valence-corrected chi connectivity index (χ0v) is 12.6. The minimum atomic E-state index is -8.05. The first kappa shape index (κ1) is 24.2. The van der Waals surface area contributed by atoms with Crippen LogP contribution in [-0.4, -0.2) is 40.9 Å². The van der Waals surface area contributed by atoms with Gasteiger partial charge in [0.25, 0.3) is 0 Å². The van der Waals surface area contributed by atoms with Gasteiger partial charge in [-0.2, -0.15) is 57.1 Å². The predicted octanol–water partition coefficient (Wildman–Crippen LogP) is 5.60. The summed E-state index contributed by atoms with van der Waals surface area (Å²) in [6.45, 7) is 0. The van der Waals surface area contributed by atoms with Crippen molar-refractivity contribution in [2.45, 2.75) is 41.9 Å². The molecule has 0 aliphatic rings. The van der Waals surface area contributed by atoms with Crippen LogP contribution in [0.15, 0.2) is 24.3 Å². The van der Waals surface area contributed by atoms with Crippen LogP contribution in [0, 0.1) is 5.82 Å². The summed E-state index contributed by atoms with van der Waals surface area (Å²) < 4.78 is 181. The maximum absolute atomic E-state index is 13.7. The monoisotopic (exact) mass is 444 g/mol. The summed E-state index contributed by atoms with van der Waals surface area (Å²) in [7, 11) is 0. The molecule has 0 saturated heterocycles. The number of rotatable bonds is 6. The molecule has 0 saturated carbocycles. The Morgan fingerprint density at radius 3 is 1.29 bits per heavy atom. The summed E-state index contributed by atoms with van der Waals surface area (Å²) in [5.74, 6) is -39.4. The van der Waals surface area contributed by atoms with E-state index in [0.717, 1.165) is 0 Å². The summed E-state index contributed by atoms with van der Waals surface area (Å²) in [5, 5.41) is 9.13. The van der Waals surface area contributed by atoms with E-state index in [1.165, 1.54) is 0 Å². The second kappa shape index (κ2) is 6.62. The SMILES string of the molecule is OC(c1ccc(F)cc1)C(F)(F)C(F)(F)C(F)(F)C(F)(F)C(F)(F)C(F)(F)F. The normalized spacial score (nSPS) is 16.2. The molecule has 1 aromatic carbocycles. The number of benzene rings is 1. The van der Waals surface area contributed by atoms with E-state index in [1.807, 2.05) is 0 Å². The third-order valence-electron chi connectivity index (χ3n) is 3.49. The standard InChI is InChI=1S/C13H6F14O/c14-6-3-1-5(2-4-6)7(28)8(15,16)9(17,18)10(19,20)11(21,22)12(23,24)13(25,26)27/h1-4,7,28H. The molecule has 28 heavy (non-hydrogen) atoms. The predicted molar refractivity (Wildman–Crippen MR) is 62.1 cm³/mol. The molecule has 0 aromatic heterocycles. The van der Waals surface area contributed by atoms with Crippen LogP contribution in [0.5, 0.6) is 0 Å². The summed E-state index contributed by atoms with van der Waals surface area (Å²) in [5.41, 5.74) is -1.45. The molecule has 1 unspecified atom stereocenters. The Labute approximate surface area is 145 Å². The fourth-order valence-corrected chi connectivity index (χ4v) is 1.81. The van der Waals surface area contributed by atoms with E-state index in [-0.39, 0.29) is 24.3 Å². The molecule has 0 aliphatic carbocycles. The van der Waals surface area contributed by atoms with Gasteiger partial charge in [0, 0.05) is 0 Å². The second-order valence-electron chi connectivity index (χ2n) is 5.37. The molecule has 1 aromatic rings. The maximum Gasteiger partial charge on any atom is 0.460 e. The topological polar surface area (TPSA) is 20.2 Å². The summed E-state index contributed by atoms with van der Waals surface area (Å²) in [6, 6.07) is 0.754. The Hall–Kier alpha value is -1.80. The van der Waals surface area contributed by atoms with Gasteiger partial charge >= 0.3 is 35.8 Å². The molecular formula is C13H6F14O. The first-order chi connectivity index (χ1) is 12.2. The van der Waals surface area contributed by atoms with Gasteiger partial charge in [0.2, 0.25) is 0 Å². The van der Waals surface area contributed by atoms with Gasteiger partial charge in [-0.05, 0) is 17.7 Å². The number of hydrogen-bond acceptors (Lipinski definition) is 1. The van der Waals surface area contributed by atoms with Gasteiger partial charge in [-0.1, -0.05) is 12.1 Å². The molecule has 0 bridgehead atoms. The molecule has 15 heteroatoms. The molecule has 0 spiro atoms. The summed E-state index contributed by atoms with van der Waals surface area (Å²) in [6.07, 6.45) is -11.6. The van der Waals surface area contributed by atoms with Crippen molar-refractivity contribution in [2.24, 2.45) is 0 Å². The van der Waals surface area contributed by atoms with Crippen LogP contribution >= 0.6 is 0 Å². The molecule has 162 valence electrons. The molecule has 0 aliphatic heterocycles. The lowest BCUT2D eigenvalue weighted by molar-refractivity contribution is -0.444. The Bertz CT molecular complexity index is 690. The molecule has 0 amide bonds. The Balaban J connectivity index is 3.50. The van der Waals surface area contributed by atoms with E-state index in [0.29, 0.717) is 0 Å². The first-order valence-electron chi connectivity index (χ1n) is 6.55. The van der Waals surface area contributed by atoms with Gasteiger partial charge in [0.1, 0.15) is 11.9 Å². The summed E-state index contributed by atoms with van der Waals surface area (Å²) in [4.78, 5) is 0. The number of aliphatic hydroxyl groups excluding tert-OH is 1. The lowest BCUT2D eigenvalue weighted by Crippen LogP contribution is -2.70. The van der Waals surface area contributed by atoms with Crippen LogP contribution in [0.1, 0.15) is 11.7 Å². The minimum absolute atomic E-state index is 0.130. The highest BCUT2D eigenvalue weighted by molar-refractivity contribution is 5.23. The van der Waals surface area contributed by atoms with E-state index < -0.39 is 53.3 Å². The van der Waals surface area contributed by atoms with Crippen molar-refractivity contribution in [3.8, 4) is 0 Å². The maximum atomic E-state index is 13.7. The highest BCUT2D eigenvalue weighted by atomic mass is 19.4. The molecule has 1 atom stereocenters. The third-order valence-corrected chi connectivity index (χ3v) is 3.49. The molecule has 0 heterocycles. The average molecular weight is 444 g/mol. The largest absolute Gasteiger partial charge is 0.460 e. The molecule has 0 radical (unpaired) electrons. The van der Waals surface area contributed by atoms with E-state index in [9.17, 15) is 61.5 Å². The van der Waals surface area contributed by atoms with Gasteiger partial charge in [-0.3, -0.25) is 0 Å². The highest BCUT2D eigenvalue weighted by Crippen LogP contribution is 2.61. The van der Waals surface area contributed by atoms with Crippen LogP contribution in [0.2, 0.25) is 0 Å². The highest BCUT2D eigenvalue weighted by Gasteiger charge is 2.91. The van der Waals surface area contributed by atoms with Gasteiger partial charge in [0.05, 0.1) is 0 Å². The first-order valence-corrected chi connectivity index (χ1v) is 6.55. The van der Waals surface area contributed by atoms with Crippen molar-refractivity contribution in [3.63, 3.8) is 0 Å². The quantitative estimate of drug-likeness (QED) is 0.567. The van der Waals surface area contributed by atoms with Gasteiger partial charge < -0.3 is 5.11 Å². The zero-order chi connectivity index (χ0) is 22.6. The van der Waals surface area contributed by atoms with Crippen molar-refractivity contribution in [3.05, 3.63) is 35.6 Å². The lowest BCUT2D eigenvalue weighted by Gasteiger charge is -2.40. The smallest absolute Gasteiger partial charge is 0.382 e. The van der Waals surface area contributed by atoms with Gasteiger partial charge in [0.15, 0.2) is 0 Å². The van der Waals surface area contributed by atoms with Crippen molar-refractivity contribution < 1.29 is 66.6 Å². The Morgan fingerprint density at radius 2 is 0.929 bits per heavy atom. The van der Waals surface area contributed by atoms with E-state index in [1.54, 1.807) is 0 Å².